The number of carbonyl (C=O) groups excluding carboxylic acids is 1. The number of hydrogen-bond acceptors (Lipinski definition) is 7. The van der Waals surface area contributed by atoms with Gasteiger partial charge in [0.1, 0.15) is 17.6 Å². The van der Waals surface area contributed by atoms with Crippen molar-refractivity contribution in [3.63, 3.8) is 0 Å². The Labute approximate surface area is 207 Å². The first-order valence-corrected chi connectivity index (χ1v) is 12.7. The van der Waals surface area contributed by atoms with Gasteiger partial charge in [-0.05, 0) is 53.6 Å². The number of aromatic nitrogens is 1. The van der Waals surface area contributed by atoms with Crippen molar-refractivity contribution in [1.82, 2.24) is 14.6 Å². The lowest BCUT2D eigenvalue weighted by molar-refractivity contribution is -0.129. The van der Waals surface area contributed by atoms with E-state index in [-0.39, 0.29) is 23.2 Å². The van der Waals surface area contributed by atoms with E-state index in [1.807, 2.05) is 24.3 Å². The number of rotatable bonds is 6. The van der Waals surface area contributed by atoms with Gasteiger partial charge in [-0.25, -0.2) is 13.4 Å². The predicted molar refractivity (Wildman–Crippen MR) is 136 cm³/mol. The molecule has 5 rings (SSSR count). The molecule has 1 fully saturated rings. The summed E-state index contributed by atoms with van der Waals surface area (Å²) in [4.78, 5) is 19.8. The Morgan fingerprint density at radius 1 is 1.18 bits per heavy atom. The van der Waals surface area contributed by atoms with Gasteiger partial charge in [-0.15, -0.1) is 23.7 Å². The quantitative estimate of drug-likeness (QED) is 0.403. The fourth-order valence-electron chi connectivity index (χ4n) is 4.06. The van der Waals surface area contributed by atoms with Gasteiger partial charge in [0.2, 0.25) is 15.9 Å². The highest BCUT2D eigenvalue weighted by molar-refractivity contribution is 7.89. The molecule has 178 valence electrons. The molecule has 2 aromatic carbocycles. The van der Waals surface area contributed by atoms with Crippen LogP contribution < -0.4 is 15.2 Å². The Bertz CT molecular complexity index is 1490. The Morgan fingerprint density at radius 2 is 1.97 bits per heavy atom. The summed E-state index contributed by atoms with van der Waals surface area (Å²) in [5.74, 6) is 0.872. The number of amides is 1. The Hall–Kier alpha value is -2.92. The van der Waals surface area contributed by atoms with Crippen LogP contribution in [0.3, 0.4) is 0 Å². The van der Waals surface area contributed by atoms with Crippen LogP contribution in [-0.4, -0.2) is 43.9 Å². The van der Waals surface area contributed by atoms with E-state index in [0.717, 1.165) is 25.7 Å². The molecule has 0 aliphatic carbocycles. The molecule has 11 heteroatoms. The highest BCUT2D eigenvalue weighted by Crippen LogP contribution is 2.30. The second-order valence-corrected chi connectivity index (χ2v) is 10.8. The number of pyridine rings is 1. The van der Waals surface area contributed by atoms with E-state index in [9.17, 15) is 13.2 Å². The standard InChI is InChI=1S/C23H22N4O4S2.ClH/c1-31-16-4-2-14-3-5-18(11-15(14)10-16)33(29,30)26-20-7-9-27(23(20)28)13-17-12-19-21(32-17)6-8-25-22(19)24;/h2-6,8,10-12,20,26H,7,9,13H2,1H3,(H2,24,25);1H/t20-;/m0./s1. The number of anilines is 1. The lowest BCUT2D eigenvalue weighted by Gasteiger charge is -2.16. The molecule has 2 aromatic heterocycles. The van der Waals surface area contributed by atoms with Crippen molar-refractivity contribution in [2.24, 2.45) is 0 Å². The van der Waals surface area contributed by atoms with Crippen LogP contribution in [-0.2, 0) is 21.4 Å². The molecule has 1 aliphatic rings. The van der Waals surface area contributed by atoms with E-state index >= 15 is 0 Å². The van der Waals surface area contributed by atoms with Gasteiger partial charge in [-0.2, -0.15) is 4.72 Å². The molecule has 8 nitrogen and oxygen atoms in total. The van der Waals surface area contributed by atoms with Crippen LogP contribution in [0.5, 0.6) is 5.75 Å². The molecule has 3 heterocycles. The van der Waals surface area contributed by atoms with Crippen LogP contribution in [0.25, 0.3) is 20.9 Å². The zero-order valence-electron chi connectivity index (χ0n) is 18.2. The molecule has 0 unspecified atom stereocenters. The summed E-state index contributed by atoms with van der Waals surface area (Å²) in [6.07, 6.45) is 2.07. The highest BCUT2D eigenvalue weighted by Gasteiger charge is 2.35. The van der Waals surface area contributed by atoms with Gasteiger partial charge in [-0.1, -0.05) is 12.1 Å². The number of nitrogens with zero attached hydrogens (tertiary/aromatic N) is 2. The highest BCUT2D eigenvalue weighted by atomic mass is 35.5. The number of thiophene rings is 1. The molecule has 0 bridgehead atoms. The number of hydrogen-bond donors (Lipinski definition) is 2. The summed E-state index contributed by atoms with van der Waals surface area (Å²) in [7, 11) is -2.31. The summed E-state index contributed by atoms with van der Waals surface area (Å²) in [6, 6.07) is 13.4. The van der Waals surface area contributed by atoms with Crippen molar-refractivity contribution in [2.75, 3.05) is 19.4 Å². The molecule has 1 atom stereocenters. The Morgan fingerprint density at radius 3 is 2.74 bits per heavy atom. The molecule has 0 radical (unpaired) electrons. The van der Waals surface area contributed by atoms with E-state index < -0.39 is 16.1 Å². The zero-order valence-corrected chi connectivity index (χ0v) is 20.7. The molecule has 3 N–H and O–H groups in total. The minimum atomic E-state index is -3.87. The fourth-order valence-corrected chi connectivity index (χ4v) is 6.40. The van der Waals surface area contributed by atoms with Crippen LogP contribution in [0.1, 0.15) is 11.3 Å². The topological polar surface area (TPSA) is 115 Å². The van der Waals surface area contributed by atoms with Crippen LogP contribution in [0.2, 0.25) is 0 Å². The lowest BCUT2D eigenvalue weighted by Crippen LogP contribution is -2.41. The Balaban J connectivity index is 0.00000274. The van der Waals surface area contributed by atoms with E-state index in [1.54, 1.807) is 53.8 Å². The van der Waals surface area contributed by atoms with Gasteiger partial charge in [0.15, 0.2) is 0 Å². The normalized spacial score (nSPS) is 16.2. The van der Waals surface area contributed by atoms with Crippen LogP contribution in [0, 0.1) is 0 Å². The van der Waals surface area contributed by atoms with Crippen LogP contribution in [0.4, 0.5) is 5.82 Å². The van der Waals surface area contributed by atoms with Crippen molar-refractivity contribution in [3.8, 4) is 5.75 Å². The van der Waals surface area contributed by atoms with Gasteiger partial charge in [0, 0.05) is 27.7 Å². The van der Waals surface area contributed by atoms with Crippen LogP contribution in [0.15, 0.2) is 59.6 Å². The third kappa shape index (κ3) is 4.54. The molecular formula is C23H23ClN4O4S2. The number of halogens is 1. The van der Waals surface area contributed by atoms with Gasteiger partial charge in [0.25, 0.3) is 0 Å². The molecule has 4 aromatic rings. The molecular weight excluding hydrogens is 496 g/mol. The zero-order chi connectivity index (χ0) is 23.2. The van der Waals surface area contributed by atoms with Gasteiger partial charge >= 0.3 is 0 Å². The number of sulfonamides is 1. The van der Waals surface area contributed by atoms with E-state index in [0.29, 0.717) is 31.1 Å². The number of ether oxygens (including phenoxy) is 1. The van der Waals surface area contributed by atoms with Crippen molar-refractivity contribution >= 4 is 66.4 Å². The molecule has 1 amide bonds. The number of nitrogen functional groups attached to an aromatic ring is 1. The minimum Gasteiger partial charge on any atom is -0.497 e. The average Bonchev–Trinajstić information content (AvgIpc) is 3.37. The molecule has 0 spiro atoms. The summed E-state index contributed by atoms with van der Waals surface area (Å²) in [6.45, 7) is 0.883. The monoisotopic (exact) mass is 518 g/mol. The SMILES string of the molecule is COc1ccc2ccc(S(=O)(=O)N[C@H]3CCN(Cc4cc5c(N)nccc5s4)C3=O)cc2c1.Cl. The summed E-state index contributed by atoms with van der Waals surface area (Å²) in [5, 5.41) is 2.52. The summed E-state index contributed by atoms with van der Waals surface area (Å²) < 4.78 is 34.9. The molecule has 0 saturated carbocycles. The third-order valence-electron chi connectivity index (χ3n) is 5.80. The van der Waals surface area contributed by atoms with Gasteiger partial charge in [-0.3, -0.25) is 4.79 Å². The average molecular weight is 519 g/mol. The van der Waals surface area contributed by atoms with Crippen molar-refractivity contribution in [3.05, 3.63) is 59.6 Å². The van der Waals surface area contributed by atoms with Crippen molar-refractivity contribution in [1.29, 1.82) is 0 Å². The largest absolute Gasteiger partial charge is 0.497 e. The van der Waals surface area contributed by atoms with Crippen molar-refractivity contribution in [2.45, 2.75) is 23.9 Å². The second-order valence-electron chi connectivity index (χ2n) is 7.92. The maximum Gasteiger partial charge on any atom is 0.241 e. The van der Waals surface area contributed by atoms with E-state index in [4.69, 9.17) is 10.5 Å². The lowest BCUT2D eigenvalue weighted by atomic mass is 10.1. The molecule has 34 heavy (non-hydrogen) atoms. The Kier molecular flexibility index (Phi) is 6.68. The molecule has 1 saturated heterocycles. The summed E-state index contributed by atoms with van der Waals surface area (Å²) >= 11 is 1.55. The number of carbonyl (C=O) groups is 1. The first kappa shape index (κ1) is 24.2. The van der Waals surface area contributed by atoms with E-state index in [2.05, 4.69) is 9.71 Å². The van der Waals surface area contributed by atoms with E-state index in [1.165, 1.54) is 0 Å². The number of nitrogens with two attached hydrogens (primary N) is 1. The van der Waals surface area contributed by atoms with Crippen LogP contribution >= 0.6 is 23.7 Å². The van der Waals surface area contributed by atoms with Gasteiger partial charge < -0.3 is 15.4 Å². The fraction of sp³-hybridized carbons (Fsp3) is 0.217. The van der Waals surface area contributed by atoms with Gasteiger partial charge in [0.05, 0.1) is 18.6 Å². The number of methoxy groups -OCH3 is 1. The number of fused-ring (bicyclic) bond motifs is 2. The smallest absolute Gasteiger partial charge is 0.241 e. The third-order valence-corrected chi connectivity index (χ3v) is 8.35. The predicted octanol–water partition coefficient (Wildman–Crippen LogP) is 3.54. The number of nitrogens with one attached hydrogen (secondary N) is 1. The number of likely N-dealkylation sites (tertiary alicyclic amines) is 1. The number of benzene rings is 2. The molecule has 1 aliphatic heterocycles. The maximum atomic E-state index is 13.0. The first-order valence-electron chi connectivity index (χ1n) is 10.4. The van der Waals surface area contributed by atoms with Crippen molar-refractivity contribution < 1.29 is 17.9 Å². The first-order chi connectivity index (χ1) is 15.8. The summed E-state index contributed by atoms with van der Waals surface area (Å²) in [5.41, 5.74) is 5.93. The maximum absolute atomic E-state index is 13.0. The minimum absolute atomic E-state index is 0. The second kappa shape index (κ2) is 9.38.